The number of aliphatic hydroxyl groups excluding tert-OH is 1. The van der Waals surface area contributed by atoms with Gasteiger partial charge in [0.25, 0.3) is 0 Å². The Morgan fingerprint density at radius 3 is 1.67 bits per heavy atom. The quantitative estimate of drug-likeness (QED) is 0.0497. The van der Waals surface area contributed by atoms with Crippen molar-refractivity contribution in [1.82, 2.24) is 0 Å². The van der Waals surface area contributed by atoms with Crippen molar-refractivity contribution in [2.24, 2.45) is 0 Å². The van der Waals surface area contributed by atoms with E-state index in [-0.39, 0.29) is 44.9 Å². The van der Waals surface area contributed by atoms with Gasteiger partial charge in [-0.15, -0.1) is 0 Å². The van der Waals surface area contributed by atoms with Gasteiger partial charge in [-0.25, -0.2) is 9.13 Å². The molecular weight excluding hydrogens is 602 g/mol. The molecule has 0 aromatic carbocycles. The average Bonchev–Trinajstić information content (AvgIpc) is 2.94. The Bertz CT molecular complexity index is 854. The van der Waals surface area contributed by atoms with Crippen LogP contribution in [0.3, 0.4) is 0 Å². The van der Waals surface area contributed by atoms with E-state index in [0.717, 1.165) is 25.7 Å². The number of phosphoric acid groups is 2. The van der Waals surface area contributed by atoms with Crippen LogP contribution < -0.4 is 0 Å². The predicted molar refractivity (Wildman–Crippen MR) is 149 cm³/mol. The Kier molecular flexibility index (Phi) is 23.2. The highest BCUT2D eigenvalue weighted by atomic mass is 31.2. The minimum Gasteiger partial charge on any atom is -0.466 e. The van der Waals surface area contributed by atoms with Crippen LogP contribution in [-0.4, -0.2) is 84.7 Å². The second kappa shape index (κ2) is 24.0. The van der Waals surface area contributed by atoms with E-state index in [1.165, 1.54) is 0 Å². The van der Waals surface area contributed by atoms with E-state index >= 15 is 0 Å². The summed E-state index contributed by atoms with van der Waals surface area (Å²) in [6.45, 7) is 2.88. The smallest absolute Gasteiger partial charge is 0.466 e. The highest BCUT2D eigenvalue weighted by Crippen LogP contribution is 2.45. The molecule has 42 heavy (non-hydrogen) atoms. The first-order valence-electron chi connectivity index (χ1n) is 14.3. The predicted octanol–water partition coefficient (Wildman–Crippen LogP) is 3.96. The maximum Gasteiger partial charge on any atom is 0.472 e. The van der Waals surface area contributed by atoms with Crippen LogP contribution in [0.5, 0.6) is 0 Å². The second-order valence-corrected chi connectivity index (χ2v) is 12.3. The van der Waals surface area contributed by atoms with Crippen LogP contribution in [-0.2, 0) is 55.8 Å². The van der Waals surface area contributed by atoms with E-state index in [2.05, 4.69) is 9.05 Å². The molecule has 0 fully saturated rings. The molecule has 0 saturated carbocycles. The molecule has 0 aliphatic heterocycles. The third kappa shape index (κ3) is 24.1. The number of carbonyl (C=O) groups excluding carboxylic acids is 3. The number of carbonyl (C=O) groups is 3. The fourth-order valence-corrected chi connectivity index (χ4v) is 4.52. The van der Waals surface area contributed by atoms with Crippen LogP contribution in [0.4, 0.5) is 0 Å². The lowest BCUT2D eigenvalue weighted by molar-refractivity contribution is -0.161. The van der Waals surface area contributed by atoms with Crippen molar-refractivity contribution in [1.29, 1.82) is 0 Å². The lowest BCUT2D eigenvalue weighted by Gasteiger charge is -2.20. The van der Waals surface area contributed by atoms with Gasteiger partial charge in [-0.3, -0.25) is 32.5 Å². The number of rotatable bonds is 27. The largest absolute Gasteiger partial charge is 0.472 e. The van der Waals surface area contributed by atoms with E-state index in [9.17, 15) is 38.4 Å². The molecular formula is C25H48O15P2. The highest BCUT2D eigenvalue weighted by Gasteiger charge is 2.28. The highest BCUT2D eigenvalue weighted by molar-refractivity contribution is 7.47. The molecule has 0 amide bonds. The monoisotopic (exact) mass is 650 g/mol. The summed E-state index contributed by atoms with van der Waals surface area (Å²) in [6, 6.07) is 0. The molecule has 0 aliphatic carbocycles. The van der Waals surface area contributed by atoms with Crippen molar-refractivity contribution in [3.05, 3.63) is 0 Å². The van der Waals surface area contributed by atoms with Gasteiger partial charge in [0.2, 0.25) is 0 Å². The Labute approximate surface area is 247 Å². The molecule has 0 aromatic rings. The molecule has 248 valence electrons. The van der Waals surface area contributed by atoms with Crippen molar-refractivity contribution >= 4 is 33.6 Å². The molecule has 0 rings (SSSR count). The summed E-state index contributed by atoms with van der Waals surface area (Å²) in [5.74, 6) is -1.49. The Morgan fingerprint density at radius 2 is 1.10 bits per heavy atom. The van der Waals surface area contributed by atoms with Crippen LogP contribution in [0.25, 0.3) is 0 Å². The van der Waals surface area contributed by atoms with Gasteiger partial charge >= 0.3 is 33.6 Å². The molecule has 3 N–H and O–H groups in total. The van der Waals surface area contributed by atoms with Crippen molar-refractivity contribution in [2.45, 2.75) is 104 Å². The van der Waals surface area contributed by atoms with Gasteiger partial charge in [-0.2, -0.15) is 0 Å². The summed E-state index contributed by atoms with van der Waals surface area (Å²) in [4.78, 5) is 54.9. The maximum atomic E-state index is 12.3. The van der Waals surface area contributed by atoms with Crippen LogP contribution in [0, 0.1) is 0 Å². The van der Waals surface area contributed by atoms with Crippen LogP contribution in [0.15, 0.2) is 0 Å². The molecule has 2 unspecified atom stereocenters. The Balaban J connectivity index is 4.55. The minimum absolute atomic E-state index is 0.00893. The van der Waals surface area contributed by atoms with Gasteiger partial charge in [-0.1, -0.05) is 46.5 Å². The summed E-state index contributed by atoms with van der Waals surface area (Å²) in [7, 11) is -9.37. The molecule has 0 bridgehead atoms. The lowest BCUT2D eigenvalue weighted by Crippen LogP contribution is -2.30. The van der Waals surface area contributed by atoms with E-state index in [1.807, 2.05) is 20.8 Å². The first-order chi connectivity index (χ1) is 19.8. The fraction of sp³-hybridized carbons (Fsp3) is 0.880. The van der Waals surface area contributed by atoms with Crippen LogP contribution in [0.2, 0.25) is 0 Å². The van der Waals surface area contributed by atoms with E-state index < -0.39 is 66.2 Å². The molecule has 0 aromatic heterocycles. The molecule has 0 heterocycles. The Hall–Kier alpha value is -1.41. The number of unbranched alkanes of at least 4 members (excludes halogenated alkanes) is 4. The number of hydrogen-bond acceptors (Lipinski definition) is 13. The first-order valence-corrected chi connectivity index (χ1v) is 17.3. The molecule has 0 radical (unpaired) electrons. The van der Waals surface area contributed by atoms with Crippen molar-refractivity contribution in [3.63, 3.8) is 0 Å². The lowest BCUT2D eigenvalue weighted by atomic mass is 10.2. The molecule has 4 atom stereocenters. The molecule has 17 heteroatoms. The normalized spacial score (nSPS) is 15.7. The Morgan fingerprint density at radius 1 is 0.595 bits per heavy atom. The summed E-state index contributed by atoms with van der Waals surface area (Å²) >= 11 is 0. The first kappa shape index (κ1) is 40.6. The molecule has 15 nitrogen and oxygen atoms in total. The second-order valence-electron chi connectivity index (χ2n) is 9.34. The number of esters is 3. The molecule has 0 spiro atoms. The number of hydrogen-bond donors (Lipinski definition) is 3. The summed E-state index contributed by atoms with van der Waals surface area (Å²) in [5, 5.41) is 9.92. The zero-order chi connectivity index (χ0) is 31.9. The zero-order valence-electron chi connectivity index (χ0n) is 24.8. The van der Waals surface area contributed by atoms with Crippen LogP contribution >= 0.6 is 15.6 Å². The number of phosphoric ester groups is 2. The van der Waals surface area contributed by atoms with Crippen molar-refractivity contribution in [3.8, 4) is 0 Å². The van der Waals surface area contributed by atoms with Crippen molar-refractivity contribution < 1.29 is 70.7 Å². The third-order valence-electron chi connectivity index (χ3n) is 5.27. The van der Waals surface area contributed by atoms with Gasteiger partial charge in [0.05, 0.1) is 33.0 Å². The molecule has 0 saturated heterocycles. The van der Waals surface area contributed by atoms with E-state index in [4.69, 9.17) is 23.3 Å². The fourth-order valence-electron chi connectivity index (χ4n) is 2.94. The van der Waals surface area contributed by atoms with E-state index in [0.29, 0.717) is 19.3 Å². The number of ether oxygens (including phenoxy) is 3. The van der Waals surface area contributed by atoms with Crippen molar-refractivity contribution in [2.75, 3.05) is 39.6 Å². The zero-order valence-corrected chi connectivity index (χ0v) is 26.6. The van der Waals surface area contributed by atoms with Gasteiger partial charge < -0.3 is 29.1 Å². The summed E-state index contributed by atoms with van der Waals surface area (Å²) in [6.07, 6.45) is 3.09. The topological polar surface area (TPSA) is 211 Å². The number of aliphatic hydroxyl groups is 1. The van der Waals surface area contributed by atoms with Gasteiger partial charge in [0.15, 0.2) is 6.10 Å². The molecule has 0 aliphatic rings. The third-order valence-corrected chi connectivity index (χ3v) is 7.21. The minimum atomic E-state index is -4.79. The van der Waals surface area contributed by atoms with Gasteiger partial charge in [0, 0.05) is 25.7 Å². The maximum absolute atomic E-state index is 12.3. The summed E-state index contributed by atoms with van der Waals surface area (Å²) < 4.78 is 58.3. The average molecular weight is 651 g/mol. The SMILES string of the molecule is CCCCCC(=O)O[C@H](COC(=O)CCCC)COP(=O)(O)OC[C@H](O)COP(=O)(O)OCCCOC(=O)CCCC. The van der Waals surface area contributed by atoms with Crippen LogP contribution in [0.1, 0.15) is 91.4 Å². The summed E-state index contributed by atoms with van der Waals surface area (Å²) in [5.41, 5.74) is 0. The standard InChI is InChI=1S/C25H48O15P2/c1-4-7-10-14-25(29)40-22(19-35-24(28)13-9-6-3)20-39-42(32,33)38-18-21(26)17-37-41(30,31)36-16-11-15-34-23(27)12-8-5-2/h21-22,26H,4-20H2,1-3H3,(H,30,31)(H,32,33)/t21-,22-/m1/s1. The van der Waals surface area contributed by atoms with E-state index in [1.54, 1.807) is 0 Å². The van der Waals surface area contributed by atoms with Gasteiger partial charge in [-0.05, 0) is 19.3 Å². The van der Waals surface area contributed by atoms with Gasteiger partial charge in [0.1, 0.15) is 12.7 Å².